The monoisotopic (exact) mass is 662 g/mol. The Morgan fingerprint density at radius 3 is 1.60 bits per heavy atom. The van der Waals surface area contributed by atoms with Crippen molar-refractivity contribution >= 4 is 13.7 Å². The Bertz CT molecular complexity index is 758. The first kappa shape index (κ1) is 44.2. The van der Waals surface area contributed by atoms with Crippen molar-refractivity contribution in [3.63, 3.8) is 0 Å². The number of hydrogen-bond donors (Lipinski definition) is 3. The summed E-state index contributed by atoms with van der Waals surface area (Å²) in [6, 6.07) is -0.835. The number of aliphatic hydroxyl groups excluding tert-OH is 1. The predicted octanol–water partition coefficient (Wildman–Crippen LogP) is 9.24. The van der Waals surface area contributed by atoms with Gasteiger partial charge < -0.3 is 19.8 Å². The summed E-state index contributed by atoms with van der Waals surface area (Å²) in [6.07, 6.45) is 31.5. The molecule has 8 nitrogen and oxygen atoms in total. The first-order chi connectivity index (χ1) is 21.5. The van der Waals surface area contributed by atoms with Gasteiger partial charge in [-0.3, -0.25) is 13.8 Å². The van der Waals surface area contributed by atoms with E-state index in [1.54, 1.807) is 6.08 Å². The third kappa shape index (κ3) is 31.6. The van der Waals surface area contributed by atoms with Gasteiger partial charge in [-0.1, -0.05) is 148 Å². The highest BCUT2D eigenvalue weighted by Gasteiger charge is 2.27. The lowest BCUT2D eigenvalue weighted by molar-refractivity contribution is -0.870. The van der Waals surface area contributed by atoms with E-state index in [0.717, 1.165) is 19.3 Å². The number of carbonyl (C=O) groups is 1. The van der Waals surface area contributed by atoms with Gasteiger partial charge in [0.2, 0.25) is 5.91 Å². The molecule has 0 aromatic carbocycles. The highest BCUT2D eigenvalue weighted by atomic mass is 31.2. The number of quaternary nitrogens is 1. The number of hydrogen-bond acceptors (Lipinski definition) is 5. The lowest BCUT2D eigenvalue weighted by Gasteiger charge is -2.25. The zero-order chi connectivity index (χ0) is 33.7. The maximum absolute atomic E-state index is 12.3. The van der Waals surface area contributed by atoms with Gasteiger partial charge >= 0.3 is 7.82 Å². The Balaban J connectivity index is 3.95. The van der Waals surface area contributed by atoms with E-state index in [1.165, 1.54) is 116 Å². The van der Waals surface area contributed by atoms with Gasteiger partial charge in [-0.25, -0.2) is 4.57 Å². The first-order valence-corrected chi connectivity index (χ1v) is 20.1. The van der Waals surface area contributed by atoms with Crippen LogP contribution in [0.3, 0.4) is 0 Å². The second-order valence-electron chi connectivity index (χ2n) is 14.0. The van der Waals surface area contributed by atoms with E-state index in [0.29, 0.717) is 23.9 Å². The minimum atomic E-state index is -4.30. The molecule has 45 heavy (non-hydrogen) atoms. The van der Waals surface area contributed by atoms with Crippen molar-refractivity contribution in [3.05, 3.63) is 12.2 Å². The fourth-order valence-electron chi connectivity index (χ4n) is 5.26. The molecule has 0 aliphatic heterocycles. The number of allylic oxidation sites excluding steroid dienone is 1. The minimum Gasteiger partial charge on any atom is -0.387 e. The van der Waals surface area contributed by atoms with Crippen LogP contribution in [0, 0.1) is 0 Å². The molecule has 3 atom stereocenters. The number of aliphatic hydroxyl groups is 1. The molecule has 3 unspecified atom stereocenters. The van der Waals surface area contributed by atoms with Gasteiger partial charge in [0.1, 0.15) is 13.2 Å². The maximum Gasteiger partial charge on any atom is 0.472 e. The number of phosphoric ester groups is 1. The third-order valence-electron chi connectivity index (χ3n) is 8.23. The van der Waals surface area contributed by atoms with Crippen molar-refractivity contribution in [2.75, 3.05) is 40.9 Å². The highest BCUT2D eigenvalue weighted by molar-refractivity contribution is 7.47. The average Bonchev–Trinajstić information content (AvgIpc) is 2.97. The first-order valence-electron chi connectivity index (χ1n) is 18.6. The Morgan fingerprint density at radius 1 is 0.733 bits per heavy atom. The summed E-state index contributed by atoms with van der Waals surface area (Å²) in [5.41, 5.74) is 0. The molecule has 0 aromatic rings. The van der Waals surface area contributed by atoms with Crippen LogP contribution in [0.15, 0.2) is 12.2 Å². The van der Waals surface area contributed by atoms with Crippen LogP contribution in [0.4, 0.5) is 0 Å². The van der Waals surface area contributed by atoms with E-state index in [2.05, 4.69) is 12.2 Å². The largest absolute Gasteiger partial charge is 0.472 e. The van der Waals surface area contributed by atoms with Crippen molar-refractivity contribution in [2.24, 2.45) is 0 Å². The maximum atomic E-state index is 12.3. The van der Waals surface area contributed by atoms with Gasteiger partial charge in [0.05, 0.1) is 39.9 Å². The Labute approximate surface area is 278 Å². The molecule has 1 amide bonds. The number of likely N-dealkylation sites (N-methyl/N-ethyl adjacent to an activating group) is 1. The van der Waals surface area contributed by atoms with Gasteiger partial charge in [-0.2, -0.15) is 0 Å². The van der Waals surface area contributed by atoms with Crippen LogP contribution in [0.2, 0.25) is 0 Å². The van der Waals surface area contributed by atoms with Crippen molar-refractivity contribution < 1.29 is 32.9 Å². The molecule has 0 aromatic heterocycles. The van der Waals surface area contributed by atoms with Crippen LogP contribution in [-0.4, -0.2) is 73.4 Å². The minimum absolute atomic E-state index is 0.0616. The van der Waals surface area contributed by atoms with E-state index < -0.39 is 20.0 Å². The van der Waals surface area contributed by atoms with Crippen LogP contribution >= 0.6 is 7.82 Å². The molecular weight excluding hydrogens is 587 g/mol. The second kappa shape index (κ2) is 29.4. The Hall–Kier alpha value is -0.760. The van der Waals surface area contributed by atoms with Crippen LogP contribution in [0.25, 0.3) is 0 Å². The smallest absolute Gasteiger partial charge is 0.387 e. The summed E-state index contributed by atoms with van der Waals surface area (Å²) in [4.78, 5) is 22.2. The van der Waals surface area contributed by atoms with Crippen molar-refractivity contribution in [1.29, 1.82) is 0 Å². The third-order valence-corrected chi connectivity index (χ3v) is 9.21. The molecular formula is C36H74N2O6P+. The van der Waals surface area contributed by atoms with Crippen LogP contribution in [0.1, 0.15) is 162 Å². The molecule has 0 rings (SSSR count). The number of rotatable bonds is 33. The molecule has 0 aliphatic carbocycles. The number of amides is 1. The van der Waals surface area contributed by atoms with Gasteiger partial charge in [-0.15, -0.1) is 0 Å². The lowest BCUT2D eigenvalue weighted by atomic mass is 10.0. The summed E-state index contributed by atoms with van der Waals surface area (Å²) in [5, 5.41) is 13.4. The Kier molecular flexibility index (Phi) is 28.9. The molecule has 0 fully saturated rings. The van der Waals surface area contributed by atoms with Crippen molar-refractivity contribution in [1.82, 2.24) is 5.32 Å². The number of phosphoric acid groups is 1. The Morgan fingerprint density at radius 2 is 1.18 bits per heavy atom. The summed E-state index contributed by atoms with van der Waals surface area (Å²) < 4.78 is 23.1. The number of nitrogens with zero attached hydrogens (tertiary/aromatic N) is 1. The topological polar surface area (TPSA) is 105 Å². The van der Waals surface area contributed by atoms with E-state index in [9.17, 15) is 19.4 Å². The van der Waals surface area contributed by atoms with Gasteiger partial charge in [0.15, 0.2) is 0 Å². The molecule has 0 heterocycles. The number of nitrogens with one attached hydrogen (secondary N) is 1. The number of carbonyl (C=O) groups excluding carboxylic acids is 1. The van der Waals surface area contributed by atoms with E-state index in [-0.39, 0.29) is 19.1 Å². The zero-order valence-electron chi connectivity index (χ0n) is 30.1. The quantitative estimate of drug-likeness (QED) is 0.0280. The van der Waals surface area contributed by atoms with Gasteiger partial charge in [0.25, 0.3) is 0 Å². The fraction of sp³-hybridized carbons (Fsp3) is 0.917. The van der Waals surface area contributed by atoms with Gasteiger partial charge in [0, 0.05) is 6.42 Å². The normalized spacial score (nSPS) is 14.9. The fourth-order valence-corrected chi connectivity index (χ4v) is 6.00. The predicted molar refractivity (Wildman–Crippen MR) is 189 cm³/mol. The zero-order valence-corrected chi connectivity index (χ0v) is 31.0. The van der Waals surface area contributed by atoms with E-state index in [4.69, 9.17) is 9.05 Å². The molecule has 0 saturated carbocycles. The summed E-state index contributed by atoms with van der Waals surface area (Å²) in [6.45, 7) is 4.45. The molecule has 3 N–H and O–H groups in total. The average molecular weight is 662 g/mol. The number of unbranched alkanes of at least 4 members (excludes halogenated alkanes) is 20. The molecule has 0 aliphatic rings. The summed E-state index contributed by atoms with van der Waals surface area (Å²) in [5.74, 6) is -0.230. The highest BCUT2D eigenvalue weighted by Crippen LogP contribution is 2.43. The standard InChI is InChI=1S/C36H73N2O6P/c1-6-8-9-10-11-12-13-14-15-16-17-18-19-20-21-22-23-24-25-26-27-28-30-35(39)34(37-36(40)29-7-2)33-44-45(41,42)43-32-31-38(3,4)5/h28,30,34-35,39H,6-27,29,31-33H2,1-5H3,(H-,37,40,41,42)/p+1/b30-28+. The van der Waals surface area contributed by atoms with E-state index in [1.807, 2.05) is 34.1 Å². The lowest BCUT2D eigenvalue weighted by Crippen LogP contribution is -2.45. The van der Waals surface area contributed by atoms with Gasteiger partial charge in [-0.05, 0) is 19.3 Å². The molecule has 9 heteroatoms. The molecule has 268 valence electrons. The van der Waals surface area contributed by atoms with Crippen molar-refractivity contribution in [3.8, 4) is 0 Å². The van der Waals surface area contributed by atoms with E-state index >= 15 is 0 Å². The van der Waals surface area contributed by atoms with Crippen LogP contribution < -0.4 is 5.32 Å². The summed E-state index contributed by atoms with van der Waals surface area (Å²) >= 11 is 0. The molecule has 0 radical (unpaired) electrons. The SMILES string of the molecule is CCCCCCCCCCCCCCCCCCCCCC/C=C/C(O)C(COP(=O)(O)OCC[N+](C)(C)C)NC(=O)CCC. The summed E-state index contributed by atoms with van der Waals surface area (Å²) in [7, 11) is 1.57. The molecule has 0 saturated heterocycles. The van der Waals surface area contributed by atoms with Crippen LogP contribution in [0.5, 0.6) is 0 Å². The van der Waals surface area contributed by atoms with Crippen molar-refractivity contribution in [2.45, 2.75) is 174 Å². The molecule has 0 spiro atoms. The van der Waals surface area contributed by atoms with Crippen LogP contribution in [-0.2, 0) is 18.4 Å². The second-order valence-corrected chi connectivity index (χ2v) is 15.4. The molecule has 0 bridgehead atoms.